The van der Waals surface area contributed by atoms with Gasteiger partial charge in [-0.3, -0.25) is 4.79 Å². The SMILES string of the molecule is CCc1cc(OCC(=O)N(C(C)C)C(C)C)ccc1Cl. The lowest BCUT2D eigenvalue weighted by atomic mass is 10.1. The molecule has 0 heterocycles. The number of nitrogens with zero attached hydrogens (tertiary/aromatic N) is 1. The fraction of sp³-hybridized carbons (Fsp3) is 0.562. The van der Waals surface area contributed by atoms with Crippen molar-refractivity contribution >= 4 is 17.5 Å². The molecule has 0 saturated carbocycles. The maximum absolute atomic E-state index is 12.2. The van der Waals surface area contributed by atoms with E-state index >= 15 is 0 Å². The van der Waals surface area contributed by atoms with Gasteiger partial charge in [-0.25, -0.2) is 0 Å². The van der Waals surface area contributed by atoms with E-state index in [0.29, 0.717) is 5.75 Å². The Kier molecular flexibility index (Phi) is 6.34. The summed E-state index contributed by atoms with van der Waals surface area (Å²) >= 11 is 6.06. The number of aryl methyl sites for hydroxylation is 1. The van der Waals surface area contributed by atoms with E-state index in [1.54, 1.807) is 6.07 Å². The summed E-state index contributed by atoms with van der Waals surface area (Å²) in [7, 11) is 0. The van der Waals surface area contributed by atoms with Gasteiger partial charge in [0.15, 0.2) is 6.61 Å². The second-order valence-corrected chi connectivity index (χ2v) is 5.79. The lowest BCUT2D eigenvalue weighted by Crippen LogP contribution is -2.44. The van der Waals surface area contributed by atoms with Crippen molar-refractivity contribution in [2.24, 2.45) is 0 Å². The van der Waals surface area contributed by atoms with E-state index in [1.807, 2.05) is 51.7 Å². The molecule has 0 fully saturated rings. The Morgan fingerprint density at radius 3 is 2.35 bits per heavy atom. The summed E-state index contributed by atoms with van der Waals surface area (Å²) in [4.78, 5) is 14.0. The number of rotatable bonds is 6. The van der Waals surface area contributed by atoms with Crippen LogP contribution in [0.25, 0.3) is 0 Å². The van der Waals surface area contributed by atoms with Gasteiger partial charge < -0.3 is 9.64 Å². The average molecular weight is 298 g/mol. The predicted octanol–water partition coefficient (Wildman–Crippen LogP) is 3.93. The van der Waals surface area contributed by atoms with Crippen molar-refractivity contribution in [2.75, 3.05) is 6.61 Å². The van der Waals surface area contributed by atoms with Gasteiger partial charge in [-0.2, -0.15) is 0 Å². The van der Waals surface area contributed by atoms with Gasteiger partial charge in [0.25, 0.3) is 5.91 Å². The third kappa shape index (κ3) is 4.41. The third-order valence-corrected chi connectivity index (χ3v) is 3.53. The van der Waals surface area contributed by atoms with Crippen molar-refractivity contribution < 1.29 is 9.53 Å². The van der Waals surface area contributed by atoms with Crippen LogP contribution in [0.2, 0.25) is 5.02 Å². The zero-order valence-corrected chi connectivity index (χ0v) is 13.7. The topological polar surface area (TPSA) is 29.5 Å². The van der Waals surface area contributed by atoms with Gasteiger partial charge in [0.05, 0.1) is 0 Å². The Hall–Kier alpha value is -1.22. The molecular formula is C16H24ClNO2. The molecule has 0 aliphatic carbocycles. The summed E-state index contributed by atoms with van der Waals surface area (Å²) in [6.45, 7) is 10.1. The molecule has 1 rings (SSSR count). The monoisotopic (exact) mass is 297 g/mol. The van der Waals surface area contributed by atoms with Gasteiger partial charge in [-0.05, 0) is 57.9 Å². The Morgan fingerprint density at radius 1 is 1.25 bits per heavy atom. The molecule has 0 aliphatic rings. The highest BCUT2D eigenvalue weighted by Gasteiger charge is 2.20. The zero-order valence-electron chi connectivity index (χ0n) is 12.9. The van der Waals surface area contributed by atoms with Crippen LogP contribution in [0.3, 0.4) is 0 Å². The Balaban J connectivity index is 2.69. The summed E-state index contributed by atoms with van der Waals surface area (Å²) < 4.78 is 5.60. The summed E-state index contributed by atoms with van der Waals surface area (Å²) in [5.41, 5.74) is 1.03. The molecule has 0 radical (unpaired) electrons. The van der Waals surface area contributed by atoms with Gasteiger partial charge in [0.1, 0.15) is 5.75 Å². The number of benzene rings is 1. The molecule has 0 N–H and O–H groups in total. The van der Waals surface area contributed by atoms with Crippen LogP contribution in [-0.4, -0.2) is 29.5 Å². The summed E-state index contributed by atoms with van der Waals surface area (Å²) in [6.07, 6.45) is 0.841. The Bertz CT molecular complexity index is 450. The first kappa shape index (κ1) is 16.8. The molecule has 0 spiro atoms. The van der Waals surface area contributed by atoms with Gasteiger partial charge in [-0.1, -0.05) is 18.5 Å². The van der Waals surface area contributed by atoms with Crippen LogP contribution in [0.4, 0.5) is 0 Å². The Labute approximate surface area is 126 Å². The minimum atomic E-state index is 0.00278. The van der Waals surface area contributed by atoms with Crippen LogP contribution in [0.1, 0.15) is 40.2 Å². The van der Waals surface area contributed by atoms with Crippen molar-refractivity contribution in [3.8, 4) is 5.75 Å². The van der Waals surface area contributed by atoms with Gasteiger partial charge >= 0.3 is 0 Å². The molecule has 1 aromatic rings. The van der Waals surface area contributed by atoms with Crippen LogP contribution < -0.4 is 4.74 Å². The molecule has 3 nitrogen and oxygen atoms in total. The number of carbonyl (C=O) groups excluding carboxylic acids is 1. The minimum absolute atomic E-state index is 0.00278. The van der Waals surface area contributed by atoms with Crippen molar-refractivity contribution in [3.63, 3.8) is 0 Å². The van der Waals surface area contributed by atoms with E-state index in [2.05, 4.69) is 0 Å². The molecular weight excluding hydrogens is 274 g/mol. The minimum Gasteiger partial charge on any atom is -0.484 e. The smallest absolute Gasteiger partial charge is 0.260 e. The predicted molar refractivity (Wildman–Crippen MR) is 83.4 cm³/mol. The quantitative estimate of drug-likeness (QED) is 0.796. The second kappa shape index (κ2) is 7.53. The molecule has 0 atom stereocenters. The maximum Gasteiger partial charge on any atom is 0.260 e. The maximum atomic E-state index is 12.2. The van der Waals surface area contributed by atoms with E-state index < -0.39 is 0 Å². The fourth-order valence-electron chi connectivity index (χ4n) is 2.30. The van der Waals surface area contributed by atoms with Crippen molar-refractivity contribution in [1.82, 2.24) is 4.90 Å². The fourth-order valence-corrected chi connectivity index (χ4v) is 2.55. The number of carbonyl (C=O) groups is 1. The van der Waals surface area contributed by atoms with Crippen molar-refractivity contribution in [1.29, 1.82) is 0 Å². The van der Waals surface area contributed by atoms with Crippen LogP contribution in [-0.2, 0) is 11.2 Å². The highest BCUT2D eigenvalue weighted by molar-refractivity contribution is 6.31. The highest BCUT2D eigenvalue weighted by Crippen LogP contribution is 2.22. The van der Waals surface area contributed by atoms with Crippen LogP contribution in [0, 0.1) is 0 Å². The number of amides is 1. The number of halogens is 1. The number of ether oxygens (including phenoxy) is 1. The van der Waals surface area contributed by atoms with Crippen molar-refractivity contribution in [2.45, 2.75) is 53.1 Å². The molecule has 0 saturated heterocycles. The normalized spacial score (nSPS) is 11.0. The second-order valence-electron chi connectivity index (χ2n) is 5.38. The number of hydrogen-bond acceptors (Lipinski definition) is 2. The lowest BCUT2D eigenvalue weighted by molar-refractivity contribution is -0.136. The van der Waals surface area contributed by atoms with Crippen LogP contribution in [0.5, 0.6) is 5.75 Å². The van der Waals surface area contributed by atoms with Crippen molar-refractivity contribution in [3.05, 3.63) is 28.8 Å². The van der Waals surface area contributed by atoms with E-state index in [-0.39, 0.29) is 24.6 Å². The van der Waals surface area contributed by atoms with Crippen LogP contribution >= 0.6 is 11.6 Å². The summed E-state index contributed by atoms with van der Waals surface area (Å²) in [5.74, 6) is 0.690. The molecule has 112 valence electrons. The molecule has 4 heteroatoms. The van der Waals surface area contributed by atoms with Gasteiger partial charge in [-0.15, -0.1) is 0 Å². The molecule has 1 aromatic carbocycles. The Morgan fingerprint density at radius 2 is 1.85 bits per heavy atom. The number of hydrogen-bond donors (Lipinski definition) is 0. The zero-order chi connectivity index (χ0) is 15.3. The molecule has 0 bridgehead atoms. The van der Waals surface area contributed by atoms with E-state index in [4.69, 9.17) is 16.3 Å². The average Bonchev–Trinajstić information content (AvgIpc) is 2.36. The molecule has 0 aliphatic heterocycles. The first-order valence-electron chi connectivity index (χ1n) is 7.09. The van der Waals surface area contributed by atoms with E-state index in [1.165, 1.54) is 0 Å². The third-order valence-electron chi connectivity index (χ3n) is 3.16. The van der Waals surface area contributed by atoms with Gasteiger partial charge in [0, 0.05) is 17.1 Å². The van der Waals surface area contributed by atoms with Crippen LogP contribution in [0.15, 0.2) is 18.2 Å². The lowest BCUT2D eigenvalue weighted by Gasteiger charge is -2.30. The summed E-state index contributed by atoms with van der Waals surface area (Å²) in [5, 5.41) is 0.733. The van der Waals surface area contributed by atoms with Gasteiger partial charge in [0.2, 0.25) is 0 Å². The first-order chi connectivity index (χ1) is 9.36. The largest absolute Gasteiger partial charge is 0.484 e. The van der Waals surface area contributed by atoms with E-state index in [9.17, 15) is 4.79 Å². The standard InChI is InChI=1S/C16H24ClNO2/c1-6-13-9-14(7-8-15(13)17)20-10-16(19)18(11(2)3)12(4)5/h7-9,11-12H,6,10H2,1-5H3. The first-order valence-corrected chi connectivity index (χ1v) is 7.47. The molecule has 1 amide bonds. The molecule has 0 aromatic heterocycles. The molecule has 0 unspecified atom stereocenters. The highest BCUT2D eigenvalue weighted by atomic mass is 35.5. The van der Waals surface area contributed by atoms with E-state index in [0.717, 1.165) is 17.0 Å². The molecule has 20 heavy (non-hydrogen) atoms. The summed E-state index contributed by atoms with van der Waals surface area (Å²) in [6, 6.07) is 5.84.